The van der Waals surface area contributed by atoms with E-state index >= 15 is 0 Å². The van der Waals surface area contributed by atoms with Crippen LogP contribution in [0.25, 0.3) is 11.0 Å². The topological polar surface area (TPSA) is 56.6 Å². The second kappa shape index (κ2) is 8.10. The molecule has 6 rings (SSSR count). The number of fused-ring (bicyclic) bond motifs is 9. The lowest BCUT2D eigenvalue weighted by atomic mass is 9.97. The van der Waals surface area contributed by atoms with Crippen LogP contribution in [0.4, 0.5) is 8.78 Å². The summed E-state index contributed by atoms with van der Waals surface area (Å²) >= 11 is 0. The van der Waals surface area contributed by atoms with Crippen LogP contribution < -0.4 is 4.74 Å². The Morgan fingerprint density at radius 3 is 2.97 bits per heavy atom. The molecule has 174 valence electrons. The summed E-state index contributed by atoms with van der Waals surface area (Å²) in [6.07, 6.45) is 3.03. The predicted octanol–water partition coefficient (Wildman–Crippen LogP) is 4.68. The van der Waals surface area contributed by atoms with Gasteiger partial charge in [-0.1, -0.05) is 17.9 Å². The van der Waals surface area contributed by atoms with Gasteiger partial charge in [0.15, 0.2) is 0 Å². The van der Waals surface area contributed by atoms with Crippen LogP contribution in [0.3, 0.4) is 0 Å². The van der Waals surface area contributed by atoms with Gasteiger partial charge in [-0.05, 0) is 49.6 Å². The van der Waals surface area contributed by atoms with Gasteiger partial charge in [-0.3, -0.25) is 4.79 Å². The third-order valence-electron chi connectivity index (χ3n) is 6.71. The summed E-state index contributed by atoms with van der Waals surface area (Å²) in [5, 5.41) is 0. The third kappa shape index (κ3) is 3.34. The van der Waals surface area contributed by atoms with Crippen LogP contribution in [0.1, 0.15) is 69.2 Å². The first-order valence-electron chi connectivity index (χ1n) is 12.8. The van der Waals surface area contributed by atoms with Crippen molar-refractivity contribution in [1.82, 2.24) is 14.5 Å². The van der Waals surface area contributed by atoms with Crippen molar-refractivity contribution in [3.63, 3.8) is 0 Å². The minimum atomic E-state index is -3.11. The highest BCUT2D eigenvalue weighted by Gasteiger charge is 2.45. The fraction of sp³-hybridized carbons (Fsp3) is 0.385. The molecule has 3 aliphatic heterocycles. The number of benzene rings is 2. The number of alkyl halides is 2. The number of imidazole rings is 1. The van der Waals surface area contributed by atoms with Crippen LogP contribution in [0.5, 0.6) is 5.75 Å². The number of carbonyl (C=O) groups excluding carboxylic acids is 1. The van der Waals surface area contributed by atoms with Gasteiger partial charge in [-0.25, -0.2) is 4.98 Å². The van der Waals surface area contributed by atoms with E-state index in [0.717, 1.165) is 29.7 Å². The van der Waals surface area contributed by atoms with E-state index in [0.29, 0.717) is 23.5 Å². The molecule has 1 fully saturated rings. The average molecular weight is 467 g/mol. The molecule has 3 aromatic rings. The molecule has 3 atom stereocenters. The summed E-state index contributed by atoms with van der Waals surface area (Å²) in [5.41, 5.74) is 2.26. The summed E-state index contributed by atoms with van der Waals surface area (Å²) in [7, 11) is 0. The molecule has 0 spiro atoms. The van der Waals surface area contributed by atoms with E-state index in [9.17, 15) is 13.6 Å². The Morgan fingerprint density at radius 1 is 1.26 bits per heavy atom. The Bertz CT molecular complexity index is 1450. The van der Waals surface area contributed by atoms with Gasteiger partial charge in [0.2, 0.25) is 0 Å². The first-order chi connectivity index (χ1) is 17.7. The minimum absolute atomic E-state index is 0.0275. The summed E-state index contributed by atoms with van der Waals surface area (Å²) in [6, 6.07) is 8.23. The summed E-state index contributed by atoms with van der Waals surface area (Å²) in [4.78, 5) is 19.0. The van der Waals surface area contributed by atoms with Crippen LogP contribution in [-0.4, -0.2) is 46.7 Å². The van der Waals surface area contributed by atoms with Gasteiger partial charge in [0.05, 0.1) is 23.1 Å². The number of aromatic nitrogens is 2. The number of hydrogen-bond donors (Lipinski definition) is 0. The van der Waals surface area contributed by atoms with E-state index in [1.807, 2.05) is 16.7 Å². The van der Waals surface area contributed by atoms with Crippen LogP contribution in [0.2, 0.25) is 0 Å². The third-order valence-corrected chi connectivity index (χ3v) is 6.71. The number of hydrogen-bond acceptors (Lipinski definition) is 4. The van der Waals surface area contributed by atoms with Crippen LogP contribution in [0, 0.1) is 11.8 Å². The molecule has 2 bridgehead atoms. The molecule has 3 aliphatic rings. The van der Waals surface area contributed by atoms with Crippen molar-refractivity contribution in [2.45, 2.75) is 50.5 Å². The highest BCUT2D eigenvalue weighted by Crippen LogP contribution is 2.49. The lowest BCUT2D eigenvalue weighted by molar-refractivity contribution is -0.0507. The normalized spacial score (nSPS) is 25.0. The Balaban J connectivity index is 1.53. The van der Waals surface area contributed by atoms with Crippen LogP contribution in [-0.2, 0) is 4.74 Å². The molecule has 6 nitrogen and oxygen atoms in total. The zero-order chi connectivity index (χ0) is 25.9. The Hall–Kier alpha value is -3.44. The van der Waals surface area contributed by atoms with E-state index in [-0.39, 0.29) is 29.4 Å². The lowest BCUT2D eigenvalue weighted by Gasteiger charge is -2.24. The molecule has 2 aromatic carbocycles. The first kappa shape index (κ1) is 18.0. The first-order valence-corrected chi connectivity index (χ1v) is 11.3. The maximum atomic E-state index is 13.5. The van der Waals surface area contributed by atoms with E-state index in [1.165, 1.54) is 18.2 Å². The van der Waals surface area contributed by atoms with E-state index < -0.39 is 31.6 Å². The summed E-state index contributed by atoms with van der Waals surface area (Å²) < 4.78 is 63.3. The molecule has 1 aromatic heterocycles. The van der Waals surface area contributed by atoms with E-state index in [2.05, 4.69) is 16.8 Å². The van der Waals surface area contributed by atoms with Crippen molar-refractivity contribution in [1.29, 1.82) is 0 Å². The number of rotatable bonds is 2. The molecular weight excluding hydrogens is 440 g/mol. The molecule has 0 N–H and O–H groups in total. The molecular formula is C26H23F2N3O3. The Kier molecular flexibility index (Phi) is 4.28. The van der Waals surface area contributed by atoms with Crippen LogP contribution >= 0.6 is 0 Å². The molecule has 8 heteroatoms. The molecule has 0 radical (unpaired) electrons. The standard InChI is InChI=1S/C26H23F2N3O3/c1-30-21-14-20(23-17(25(30)32)6-4-7-22(23)34-26(27)28)31-19-13-15(9-11-18(19)29-24(21)31)8-10-16-5-2-3-12-33-16/h4,6-7,9,11,13,16,20-21,26H,2-3,5,12,14H2,1H3/t16?,20-,21-/m1/s1/i1D3. The quantitative estimate of drug-likeness (QED) is 0.515. The SMILES string of the molecule is [2H]C([2H])([2H])N1C(=O)c2cccc(OC(F)F)c2[C@H]2C[C@@H]1c1nc3ccc(C#CC4CCCCO4)cc3n12. The fourth-order valence-corrected chi connectivity index (χ4v) is 5.20. The fourth-order valence-electron chi connectivity index (χ4n) is 5.20. The number of amides is 1. The monoisotopic (exact) mass is 466 g/mol. The number of ether oxygens (including phenoxy) is 2. The van der Waals surface area contributed by atoms with Gasteiger partial charge in [-0.2, -0.15) is 8.78 Å². The van der Waals surface area contributed by atoms with E-state index in [4.69, 9.17) is 13.6 Å². The van der Waals surface area contributed by atoms with Crippen molar-refractivity contribution < 1.29 is 27.2 Å². The van der Waals surface area contributed by atoms with Gasteiger partial charge in [-0.15, -0.1) is 0 Å². The molecule has 34 heavy (non-hydrogen) atoms. The van der Waals surface area contributed by atoms with Crippen molar-refractivity contribution >= 4 is 16.9 Å². The Labute approximate surface area is 199 Å². The van der Waals surface area contributed by atoms with Crippen molar-refractivity contribution in [2.24, 2.45) is 0 Å². The van der Waals surface area contributed by atoms with Crippen molar-refractivity contribution in [3.05, 3.63) is 58.9 Å². The molecule has 4 heterocycles. The average Bonchev–Trinajstić information content (AvgIpc) is 3.35. The smallest absolute Gasteiger partial charge is 0.387 e. The van der Waals surface area contributed by atoms with Gasteiger partial charge in [0, 0.05) is 40.8 Å². The molecule has 0 saturated carbocycles. The summed E-state index contributed by atoms with van der Waals surface area (Å²) in [6.45, 7) is -5.18. The largest absolute Gasteiger partial charge is 0.434 e. The van der Waals surface area contributed by atoms with E-state index in [1.54, 1.807) is 6.07 Å². The predicted molar refractivity (Wildman–Crippen MR) is 121 cm³/mol. The van der Waals surface area contributed by atoms with Crippen LogP contribution in [0.15, 0.2) is 36.4 Å². The number of nitrogens with zero attached hydrogens (tertiary/aromatic N) is 3. The second-order valence-corrected chi connectivity index (χ2v) is 8.71. The number of carbonyl (C=O) groups is 1. The highest BCUT2D eigenvalue weighted by molar-refractivity contribution is 5.97. The zero-order valence-electron chi connectivity index (χ0n) is 21.1. The molecule has 1 saturated heterocycles. The number of halogens is 2. The van der Waals surface area contributed by atoms with Crippen molar-refractivity contribution in [2.75, 3.05) is 13.6 Å². The Morgan fingerprint density at radius 2 is 2.18 bits per heavy atom. The minimum Gasteiger partial charge on any atom is -0.434 e. The zero-order valence-corrected chi connectivity index (χ0v) is 18.1. The highest BCUT2D eigenvalue weighted by atomic mass is 19.3. The maximum absolute atomic E-state index is 13.5. The maximum Gasteiger partial charge on any atom is 0.387 e. The van der Waals surface area contributed by atoms with Gasteiger partial charge in [0.1, 0.15) is 17.7 Å². The molecule has 1 amide bonds. The lowest BCUT2D eigenvalue weighted by Crippen LogP contribution is -2.30. The van der Waals surface area contributed by atoms with Crippen molar-refractivity contribution in [3.8, 4) is 17.6 Å². The van der Waals surface area contributed by atoms with Gasteiger partial charge < -0.3 is 18.9 Å². The molecule has 1 unspecified atom stereocenters. The second-order valence-electron chi connectivity index (χ2n) is 8.71. The summed E-state index contributed by atoms with van der Waals surface area (Å²) in [5.74, 6) is 5.80. The molecule has 0 aliphatic carbocycles. The van der Waals surface area contributed by atoms with Gasteiger partial charge in [0.25, 0.3) is 5.91 Å². The van der Waals surface area contributed by atoms with Gasteiger partial charge >= 0.3 is 6.61 Å².